The first-order chi connectivity index (χ1) is 14.4. The molecule has 0 heterocycles. The first-order valence-electron chi connectivity index (χ1n) is 10.1. The van der Waals surface area contributed by atoms with Gasteiger partial charge in [0.05, 0.1) is 0 Å². The minimum Gasteiger partial charge on any atom is -0.459 e. The smallest absolute Gasteiger partial charge is 0.329 e. The van der Waals surface area contributed by atoms with Crippen molar-refractivity contribution in [2.24, 2.45) is 0 Å². The van der Waals surface area contributed by atoms with E-state index in [4.69, 9.17) is 4.74 Å². The Morgan fingerprint density at radius 3 is 1.97 bits per heavy atom. The van der Waals surface area contributed by atoms with Gasteiger partial charge < -0.3 is 10.1 Å². The van der Waals surface area contributed by atoms with Crippen LogP contribution in [0.2, 0.25) is 0 Å². The molecule has 0 aliphatic heterocycles. The molecule has 4 heteroatoms. The minimum atomic E-state index is -0.793. The van der Waals surface area contributed by atoms with Crippen LogP contribution in [0.5, 0.6) is 0 Å². The lowest BCUT2D eigenvalue weighted by Gasteiger charge is -2.25. The Labute approximate surface area is 176 Å². The summed E-state index contributed by atoms with van der Waals surface area (Å²) in [6, 6.07) is 21.4. The molecule has 30 heavy (non-hydrogen) atoms. The fourth-order valence-corrected chi connectivity index (χ4v) is 4.45. The van der Waals surface area contributed by atoms with Crippen molar-refractivity contribution in [1.29, 1.82) is 0 Å². The normalized spacial score (nSPS) is 13.3. The largest absolute Gasteiger partial charge is 0.459 e. The van der Waals surface area contributed by atoms with Crippen LogP contribution in [0.25, 0.3) is 11.1 Å². The molecule has 0 fully saturated rings. The Morgan fingerprint density at radius 2 is 1.43 bits per heavy atom. The predicted molar refractivity (Wildman–Crippen MR) is 117 cm³/mol. The van der Waals surface area contributed by atoms with Crippen LogP contribution in [-0.2, 0) is 20.9 Å². The molecule has 0 saturated heterocycles. The zero-order chi connectivity index (χ0) is 21.3. The van der Waals surface area contributed by atoms with Crippen LogP contribution in [0.1, 0.15) is 40.7 Å². The quantitative estimate of drug-likeness (QED) is 0.635. The van der Waals surface area contributed by atoms with Gasteiger partial charge in [0.25, 0.3) is 0 Å². The molecule has 0 saturated carbocycles. The van der Waals surface area contributed by atoms with Gasteiger partial charge in [-0.1, -0.05) is 77.9 Å². The van der Waals surface area contributed by atoms with Crippen molar-refractivity contribution < 1.29 is 14.3 Å². The number of ether oxygens (including phenoxy) is 1. The van der Waals surface area contributed by atoms with Gasteiger partial charge in [-0.2, -0.15) is 0 Å². The van der Waals surface area contributed by atoms with Gasteiger partial charge in [-0.05, 0) is 41.7 Å². The van der Waals surface area contributed by atoms with Crippen LogP contribution in [-0.4, -0.2) is 17.9 Å². The monoisotopic (exact) mass is 399 g/mol. The van der Waals surface area contributed by atoms with Gasteiger partial charge in [-0.25, -0.2) is 4.79 Å². The van der Waals surface area contributed by atoms with E-state index in [9.17, 15) is 9.59 Å². The molecule has 3 aromatic carbocycles. The number of amides is 1. The van der Waals surface area contributed by atoms with E-state index in [0.29, 0.717) is 0 Å². The maximum atomic E-state index is 13.2. The zero-order valence-corrected chi connectivity index (χ0v) is 17.4. The molecule has 1 atom stereocenters. The zero-order valence-electron chi connectivity index (χ0n) is 17.4. The highest BCUT2D eigenvalue weighted by Crippen LogP contribution is 2.46. The van der Waals surface area contributed by atoms with Crippen LogP contribution < -0.4 is 5.32 Å². The molecular formula is C26H25NO3. The molecule has 3 aromatic rings. The number of esters is 1. The highest BCUT2D eigenvalue weighted by molar-refractivity contribution is 5.88. The number of hydrogen-bond acceptors (Lipinski definition) is 3. The summed E-state index contributed by atoms with van der Waals surface area (Å²) in [5, 5.41) is 2.85. The highest BCUT2D eigenvalue weighted by Gasteiger charge is 2.39. The van der Waals surface area contributed by atoms with E-state index in [2.05, 4.69) is 23.5 Å². The van der Waals surface area contributed by atoms with Crippen molar-refractivity contribution in [2.45, 2.75) is 39.3 Å². The molecule has 1 N–H and O–H groups in total. The summed E-state index contributed by atoms with van der Waals surface area (Å²) < 4.78 is 5.69. The van der Waals surface area contributed by atoms with E-state index in [1.165, 1.54) is 6.92 Å². The van der Waals surface area contributed by atoms with Gasteiger partial charge >= 0.3 is 5.97 Å². The summed E-state index contributed by atoms with van der Waals surface area (Å²) in [6.45, 7) is 5.64. The second-order valence-electron chi connectivity index (χ2n) is 7.93. The topological polar surface area (TPSA) is 55.4 Å². The van der Waals surface area contributed by atoms with Gasteiger partial charge in [0.2, 0.25) is 5.91 Å². The number of fused-ring (bicyclic) bond motifs is 3. The highest BCUT2D eigenvalue weighted by atomic mass is 16.5. The van der Waals surface area contributed by atoms with Gasteiger partial charge in [0.1, 0.15) is 12.6 Å². The predicted octanol–water partition coefficient (Wildman–Crippen LogP) is 4.66. The Balaban J connectivity index is 1.66. The number of nitrogens with one attached hydrogen (secondary N) is 1. The SMILES string of the molecule is CC(=O)NC(C(=O)OCc1cc(C)cc(C)c1)C1c2ccccc2-c2ccccc21. The molecule has 0 aromatic heterocycles. The number of carbonyl (C=O) groups is 2. The lowest BCUT2D eigenvalue weighted by atomic mass is 9.89. The maximum absolute atomic E-state index is 13.2. The van der Waals surface area contributed by atoms with Crippen molar-refractivity contribution in [3.05, 3.63) is 94.5 Å². The molecule has 152 valence electrons. The molecule has 0 radical (unpaired) electrons. The number of rotatable bonds is 5. The van der Waals surface area contributed by atoms with Crippen molar-refractivity contribution in [3.8, 4) is 11.1 Å². The Hall–Kier alpha value is -3.40. The first-order valence-corrected chi connectivity index (χ1v) is 10.1. The average molecular weight is 399 g/mol. The van der Waals surface area contributed by atoms with Crippen molar-refractivity contribution >= 4 is 11.9 Å². The summed E-state index contributed by atoms with van der Waals surface area (Å²) in [5.41, 5.74) is 7.43. The van der Waals surface area contributed by atoms with E-state index in [-0.39, 0.29) is 18.4 Å². The van der Waals surface area contributed by atoms with Crippen molar-refractivity contribution in [1.82, 2.24) is 5.32 Å². The third kappa shape index (κ3) is 3.86. The minimum absolute atomic E-state index is 0.174. The molecule has 1 unspecified atom stereocenters. The third-order valence-electron chi connectivity index (χ3n) is 5.49. The summed E-state index contributed by atoms with van der Waals surface area (Å²) in [6.07, 6.45) is 0. The van der Waals surface area contributed by atoms with Gasteiger partial charge in [-0.3, -0.25) is 4.79 Å². The fraction of sp³-hybridized carbons (Fsp3) is 0.231. The lowest BCUT2D eigenvalue weighted by Crippen LogP contribution is -2.45. The number of benzene rings is 3. The molecular weight excluding hydrogens is 374 g/mol. The number of carbonyl (C=O) groups excluding carboxylic acids is 2. The van der Waals surface area contributed by atoms with E-state index < -0.39 is 12.0 Å². The van der Waals surface area contributed by atoms with Crippen molar-refractivity contribution in [2.75, 3.05) is 0 Å². The van der Waals surface area contributed by atoms with Gasteiger partial charge in [0, 0.05) is 12.8 Å². The standard InChI is InChI=1S/C26H25NO3/c1-16-12-17(2)14-19(13-16)15-30-26(29)25(27-18(3)28)24-22-10-6-4-8-20(22)21-9-5-7-11-23(21)24/h4-14,24-25H,15H2,1-3H3,(H,27,28). The van der Waals surface area contributed by atoms with Crippen LogP contribution in [0.3, 0.4) is 0 Å². The summed E-state index contributed by atoms with van der Waals surface area (Å²) in [4.78, 5) is 25.2. The van der Waals surface area contributed by atoms with E-state index in [1.807, 2.05) is 62.4 Å². The third-order valence-corrected chi connectivity index (χ3v) is 5.49. The van der Waals surface area contributed by atoms with Crippen LogP contribution >= 0.6 is 0 Å². The van der Waals surface area contributed by atoms with Crippen LogP contribution in [0.15, 0.2) is 66.7 Å². The van der Waals surface area contributed by atoms with Gasteiger partial charge in [-0.15, -0.1) is 0 Å². The number of aryl methyl sites for hydroxylation is 2. The second kappa shape index (κ2) is 8.15. The van der Waals surface area contributed by atoms with Crippen LogP contribution in [0.4, 0.5) is 0 Å². The summed E-state index contributed by atoms with van der Waals surface area (Å²) in [5.74, 6) is -0.973. The second-order valence-corrected chi connectivity index (χ2v) is 7.93. The average Bonchev–Trinajstić information content (AvgIpc) is 3.04. The summed E-state index contributed by atoms with van der Waals surface area (Å²) in [7, 11) is 0. The molecule has 1 amide bonds. The van der Waals surface area contributed by atoms with Crippen LogP contribution in [0, 0.1) is 13.8 Å². The molecule has 0 spiro atoms. The lowest BCUT2D eigenvalue weighted by molar-refractivity contribution is -0.149. The first kappa shape index (κ1) is 19.9. The van der Waals surface area contributed by atoms with E-state index in [0.717, 1.165) is 38.9 Å². The summed E-state index contributed by atoms with van der Waals surface area (Å²) >= 11 is 0. The Morgan fingerprint density at radius 1 is 0.900 bits per heavy atom. The Kier molecular flexibility index (Phi) is 5.40. The number of hydrogen-bond donors (Lipinski definition) is 1. The fourth-order valence-electron chi connectivity index (χ4n) is 4.45. The van der Waals surface area contributed by atoms with E-state index >= 15 is 0 Å². The molecule has 1 aliphatic carbocycles. The maximum Gasteiger partial charge on any atom is 0.329 e. The molecule has 1 aliphatic rings. The van der Waals surface area contributed by atoms with Gasteiger partial charge in [0.15, 0.2) is 0 Å². The molecule has 4 rings (SSSR count). The van der Waals surface area contributed by atoms with Crippen molar-refractivity contribution in [3.63, 3.8) is 0 Å². The molecule has 4 nitrogen and oxygen atoms in total. The van der Waals surface area contributed by atoms with E-state index in [1.54, 1.807) is 0 Å². The molecule has 0 bridgehead atoms. The Bertz CT molecular complexity index is 1050.